The third-order valence-electron chi connectivity index (χ3n) is 5.98. The van der Waals surface area contributed by atoms with E-state index >= 15 is 0 Å². The van der Waals surface area contributed by atoms with E-state index in [1.54, 1.807) is 10.8 Å². The molecule has 1 aliphatic rings. The third-order valence-corrected chi connectivity index (χ3v) is 5.98. The first kappa shape index (κ1) is 18.7. The molecular weight excluding hydrogens is 374 g/mol. The summed E-state index contributed by atoms with van der Waals surface area (Å²) in [7, 11) is 2.09. The molecule has 0 fully saturated rings. The van der Waals surface area contributed by atoms with Gasteiger partial charge >= 0.3 is 0 Å². The number of aryl methyl sites for hydroxylation is 2. The summed E-state index contributed by atoms with van der Waals surface area (Å²) >= 11 is 0. The summed E-state index contributed by atoms with van der Waals surface area (Å²) in [6.07, 6.45) is 7.71. The Morgan fingerprint density at radius 2 is 1.83 bits per heavy atom. The number of aromatic nitrogens is 3. The van der Waals surface area contributed by atoms with Gasteiger partial charge in [-0.25, -0.2) is 4.98 Å². The van der Waals surface area contributed by atoms with Gasteiger partial charge in [0.1, 0.15) is 23.8 Å². The van der Waals surface area contributed by atoms with Gasteiger partial charge in [-0.15, -0.1) is 0 Å². The van der Waals surface area contributed by atoms with Crippen LogP contribution >= 0.6 is 0 Å². The fraction of sp³-hybridized carbons (Fsp3) is 0.280. The molecule has 0 radical (unpaired) electrons. The highest BCUT2D eigenvalue weighted by Crippen LogP contribution is 2.30. The molecule has 0 N–H and O–H groups in total. The van der Waals surface area contributed by atoms with Gasteiger partial charge in [-0.1, -0.05) is 36.8 Å². The molecule has 30 heavy (non-hydrogen) atoms. The molecule has 4 aromatic rings. The highest BCUT2D eigenvalue weighted by molar-refractivity contribution is 5.83. The summed E-state index contributed by atoms with van der Waals surface area (Å²) in [5, 5.41) is 1.22. The number of benzene rings is 1. The number of fused-ring (bicyclic) bond motifs is 3. The lowest BCUT2D eigenvalue weighted by molar-refractivity contribution is 0.305. The van der Waals surface area contributed by atoms with Gasteiger partial charge in [-0.2, -0.15) is 0 Å². The van der Waals surface area contributed by atoms with Crippen LogP contribution < -0.4 is 10.3 Å². The summed E-state index contributed by atoms with van der Waals surface area (Å²) in [4.78, 5) is 17.6. The minimum absolute atomic E-state index is 0.150. The zero-order valence-corrected chi connectivity index (χ0v) is 17.2. The first-order chi connectivity index (χ1) is 14.7. The average molecular weight is 399 g/mol. The van der Waals surface area contributed by atoms with Crippen molar-refractivity contribution in [2.24, 2.45) is 7.05 Å². The van der Waals surface area contributed by atoms with E-state index in [1.807, 2.05) is 42.5 Å². The maximum Gasteiger partial charge on any atom is 0.259 e. The molecule has 0 amide bonds. The highest BCUT2D eigenvalue weighted by Gasteiger charge is 2.18. The lowest BCUT2D eigenvalue weighted by Crippen LogP contribution is -2.18. The van der Waals surface area contributed by atoms with Crippen molar-refractivity contribution >= 4 is 11.0 Å². The molecule has 5 rings (SSSR count). The van der Waals surface area contributed by atoms with Crippen molar-refractivity contribution in [3.63, 3.8) is 0 Å². The Balaban J connectivity index is 1.45. The maximum absolute atomic E-state index is 12.7. The van der Waals surface area contributed by atoms with E-state index in [1.165, 1.54) is 42.0 Å². The number of rotatable bonds is 4. The Labute approximate surface area is 175 Å². The normalized spacial score (nSPS) is 13.8. The molecule has 5 nitrogen and oxygen atoms in total. The van der Waals surface area contributed by atoms with Crippen LogP contribution in [0.1, 0.15) is 36.1 Å². The molecule has 0 aliphatic heterocycles. The molecule has 5 heteroatoms. The van der Waals surface area contributed by atoms with Crippen molar-refractivity contribution in [1.82, 2.24) is 14.1 Å². The van der Waals surface area contributed by atoms with Crippen molar-refractivity contribution in [3.05, 3.63) is 88.0 Å². The second kappa shape index (κ2) is 7.82. The van der Waals surface area contributed by atoms with Crippen LogP contribution in [0.3, 0.4) is 0 Å². The van der Waals surface area contributed by atoms with E-state index < -0.39 is 0 Å². The quantitative estimate of drug-likeness (QED) is 0.472. The summed E-state index contributed by atoms with van der Waals surface area (Å²) < 4.78 is 9.57. The van der Waals surface area contributed by atoms with Crippen LogP contribution in [0, 0.1) is 0 Å². The van der Waals surface area contributed by atoms with Crippen LogP contribution in [-0.4, -0.2) is 14.1 Å². The largest absolute Gasteiger partial charge is 0.489 e. The predicted octanol–water partition coefficient (Wildman–Crippen LogP) is 4.57. The first-order valence-electron chi connectivity index (χ1n) is 10.6. The van der Waals surface area contributed by atoms with Crippen LogP contribution in [0.5, 0.6) is 5.75 Å². The van der Waals surface area contributed by atoms with Crippen LogP contribution in [0.25, 0.3) is 16.9 Å². The number of ether oxygens (including phenoxy) is 1. The Morgan fingerprint density at radius 1 is 1.00 bits per heavy atom. The van der Waals surface area contributed by atoms with Crippen LogP contribution in [-0.2, 0) is 26.5 Å². The van der Waals surface area contributed by atoms with Crippen LogP contribution in [0.2, 0.25) is 0 Å². The number of nitrogens with zero attached hydrogens (tertiary/aromatic N) is 3. The number of hydrogen-bond donors (Lipinski definition) is 0. The second-order valence-corrected chi connectivity index (χ2v) is 7.93. The topological polar surface area (TPSA) is 49.0 Å². The fourth-order valence-corrected chi connectivity index (χ4v) is 4.40. The molecular formula is C25H25N3O2. The van der Waals surface area contributed by atoms with Gasteiger partial charge in [-0.3, -0.25) is 9.36 Å². The standard InChI is InChI=1S/C25H25N3O2/c1-27-22-11-7-3-6-10-20(22)21-12-13-23(26-25(21)27)28-15-14-19(16-24(28)29)30-17-18-8-4-2-5-9-18/h2,4-5,8-9,12-16H,3,6-7,10-11,17H2,1H3. The van der Waals surface area contributed by atoms with Gasteiger partial charge in [0, 0.05) is 30.4 Å². The van der Waals surface area contributed by atoms with Gasteiger partial charge < -0.3 is 9.30 Å². The van der Waals surface area contributed by atoms with Gasteiger partial charge in [0.15, 0.2) is 0 Å². The lowest BCUT2D eigenvalue weighted by Gasteiger charge is -2.09. The molecule has 0 saturated heterocycles. The van der Waals surface area contributed by atoms with Gasteiger partial charge in [0.05, 0.1) is 0 Å². The zero-order valence-electron chi connectivity index (χ0n) is 17.2. The van der Waals surface area contributed by atoms with Gasteiger partial charge in [0.25, 0.3) is 5.56 Å². The monoisotopic (exact) mass is 399 g/mol. The molecule has 0 saturated carbocycles. The molecule has 3 aromatic heterocycles. The van der Waals surface area contributed by atoms with E-state index in [9.17, 15) is 4.79 Å². The van der Waals surface area contributed by atoms with Crippen molar-refractivity contribution in [2.75, 3.05) is 0 Å². The summed E-state index contributed by atoms with van der Waals surface area (Å²) in [6.45, 7) is 0.434. The van der Waals surface area contributed by atoms with E-state index in [4.69, 9.17) is 9.72 Å². The smallest absolute Gasteiger partial charge is 0.259 e. The van der Waals surface area contributed by atoms with E-state index in [2.05, 4.69) is 17.7 Å². The zero-order chi connectivity index (χ0) is 20.5. The Morgan fingerprint density at radius 3 is 2.67 bits per heavy atom. The molecule has 152 valence electrons. The van der Waals surface area contributed by atoms with Crippen molar-refractivity contribution in [1.29, 1.82) is 0 Å². The molecule has 0 spiro atoms. The van der Waals surface area contributed by atoms with Crippen molar-refractivity contribution < 1.29 is 4.74 Å². The molecule has 1 aliphatic carbocycles. The molecule has 1 aromatic carbocycles. The van der Waals surface area contributed by atoms with Gasteiger partial charge in [-0.05, 0) is 55.0 Å². The number of hydrogen-bond acceptors (Lipinski definition) is 3. The van der Waals surface area contributed by atoms with E-state index in [0.717, 1.165) is 24.1 Å². The number of pyridine rings is 2. The Hall–Kier alpha value is -3.34. The van der Waals surface area contributed by atoms with Crippen LogP contribution in [0.4, 0.5) is 0 Å². The highest BCUT2D eigenvalue weighted by atomic mass is 16.5. The lowest BCUT2D eigenvalue weighted by atomic mass is 10.1. The Kier molecular flexibility index (Phi) is 4.87. The third kappa shape index (κ3) is 3.41. The Bertz CT molecular complexity index is 1250. The SMILES string of the molecule is Cn1c2c(c3ccc(-n4ccc(OCc5ccccc5)cc4=O)nc31)CCCCC2. The summed E-state index contributed by atoms with van der Waals surface area (Å²) in [5.41, 5.74) is 4.70. The molecule has 3 heterocycles. The molecule has 0 bridgehead atoms. The predicted molar refractivity (Wildman–Crippen MR) is 118 cm³/mol. The first-order valence-corrected chi connectivity index (χ1v) is 10.6. The minimum atomic E-state index is -0.150. The van der Waals surface area contributed by atoms with Crippen LogP contribution in [0.15, 0.2) is 65.6 Å². The van der Waals surface area contributed by atoms with Crippen molar-refractivity contribution in [3.8, 4) is 11.6 Å². The average Bonchev–Trinajstić information content (AvgIpc) is 2.92. The fourth-order valence-electron chi connectivity index (χ4n) is 4.40. The second-order valence-electron chi connectivity index (χ2n) is 7.93. The van der Waals surface area contributed by atoms with E-state index in [0.29, 0.717) is 18.2 Å². The van der Waals surface area contributed by atoms with E-state index in [-0.39, 0.29) is 5.56 Å². The molecule has 0 unspecified atom stereocenters. The summed E-state index contributed by atoms with van der Waals surface area (Å²) in [5.74, 6) is 1.20. The maximum atomic E-state index is 12.7. The van der Waals surface area contributed by atoms with Crippen molar-refractivity contribution in [2.45, 2.75) is 38.7 Å². The van der Waals surface area contributed by atoms with Gasteiger partial charge in [0.2, 0.25) is 0 Å². The minimum Gasteiger partial charge on any atom is -0.489 e. The molecule has 0 atom stereocenters. The summed E-state index contributed by atoms with van der Waals surface area (Å²) in [6, 6.07) is 17.3.